The summed E-state index contributed by atoms with van der Waals surface area (Å²) in [6, 6.07) is 0. The predicted molar refractivity (Wildman–Crippen MR) is 85.7 cm³/mol. The third-order valence-corrected chi connectivity index (χ3v) is 2.07. The highest BCUT2D eigenvalue weighted by atomic mass is 15.4. The summed E-state index contributed by atoms with van der Waals surface area (Å²) >= 11 is 0. The van der Waals surface area contributed by atoms with Gasteiger partial charge in [-0.3, -0.25) is 4.99 Å². The molecule has 0 aliphatic rings. The fourth-order valence-corrected chi connectivity index (χ4v) is 1.14. The summed E-state index contributed by atoms with van der Waals surface area (Å²) in [4.78, 5) is 3.96. The fourth-order valence-electron chi connectivity index (χ4n) is 1.14. The number of hydrogen-bond donors (Lipinski definition) is 1. The zero-order valence-electron chi connectivity index (χ0n) is 13.5. The van der Waals surface area contributed by atoms with Crippen molar-refractivity contribution in [2.24, 2.45) is 10.8 Å². The third kappa shape index (κ3) is 17.6. The van der Waals surface area contributed by atoms with Gasteiger partial charge < -0.3 is 5.01 Å². The molecule has 0 bridgehead atoms. The Morgan fingerprint density at radius 1 is 1.11 bits per heavy atom. The highest BCUT2D eigenvalue weighted by Gasteiger charge is 1.96. The molecule has 110 valence electrons. The van der Waals surface area contributed by atoms with Crippen LogP contribution in [-0.4, -0.2) is 18.3 Å². The van der Waals surface area contributed by atoms with E-state index in [1.807, 2.05) is 33.9 Å². The maximum absolute atomic E-state index is 5.78. The van der Waals surface area contributed by atoms with Crippen LogP contribution in [0.1, 0.15) is 73.6 Å². The number of rotatable bonds is 8. The Bertz CT molecular complexity index is 177. The van der Waals surface area contributed by atoms with Gasteiger partial charge in [0.2, 0.25) is 0 Å². The Morgan fingerprint density at radius 3 is 2.00 bits per heavy atom. The minimum Gasteiger partial charge on any atom is -0.316 e. The highest BCUT2D eigenvalue weighted by molar-refractivity contribution is 5.28. The monoisotopic (exact) mass is 257 g/mol. The van der Waals surface area contributed by atoms with Crippen molar-refractivity contribution in [1.82, 2.24) is 5.01 Å². The molecule has 0 atom stereocenters. The highest BCUT2D eigenvalue weighted by Crippen LogP contribution is 2.08. The number of hydrazine groups is 1. The molecule has 0 heterocycles. The van der Waals surface area contributed by atoms with E-state index in [0.29, 0.717) is 0 Å². The van der Waals surface area contributed by atoms with Gasteiger partial charge in [-0.1, -0.05) is 54.4 Å². The van der Waals surface area contributed by atoms with Gasteiger partial charge in [0, 0.05) is 12.7 Å². The molecule has 0 unspecified atom stereocenters. The molecule has 0 aromatic heterocycles. The molecular formula is C15H35N3. The Labute approximate surface area is 115 Å². The molecule has 0 rings (SSSR count). The molecule has 0 aromatic rings. The van der Waals surface area contributed by atoms with Gasteiger partial charge in [-0.2, -0.15) is 0 Å². The molecule has 0 aliphatic heterocycles. The average Bonchev–Trinajstić information content (AvgIpc) is 2.45. The van der Waals surface area contributed by atoms with Crippen LogP contribution >= 0.6 is 0 Å². The molecule has 18 heavy (non-hydrogen) atoms. The minimum atomic E-state index is 0.891. The maximum Gasteiger partial charge on any atom is 0.0569 e. The Kier molecular flexibility index (Phi) is 26.6. The lowest BCUT2D eigenvalue weighted by atomic mass is 10.2. The van der Waals surface area contributed by atoms with Crippen LogP contribution in [0, 0.1) is 0 Å². The van der Waals surface area contributed by atoms with E-state index in [0.717, 1.165) is 37.9 Å². The largest absolute Gasteiger partial charge is 0.316 e. The van der Waals surface area contributed by atoms with E-state index < -0.39 is 0 Å². The first-order valence-corrected chi connectivity index (χ1v) is 7.43. The lowest BCUT2D eigenvalue weighted by molar-refractivity contribution is 0.379. The van der Waals surface area contributed by atoms with Crippen molar-refractivity contribution in [2.45, 2.75) is 73.6 Å². The maximum atomic E-state index is 5.78. The molecule has 0 saturated carbocycles. The van der Waals surface area contributed by atoms with Gasteiger partial charge in [0.15, 0.2) is 0 Å². The quantitative estimate of drug-likeness (QED) is 0.387. The van der Waals surface area contributed by atoms with Crippen molar-refractivity contribution in [3.8, 4) is 0 Å². The predicted octanol–water partition coefficient (Wildman–Crippen LogP) is 4.75. The summed E-state index contributed by atoms with van der Waals surface area (Å²) < 4.78 is 0. The lowest BCUT2D eigenvalue weighted by Crippen LogP contribution is -2.26. The van der Waals surface area contributed by atoms with Crippen molar-refractivity contribution < 1.29 is 0 Å². The van der Waals surface area contributed by atoms with Gasteiger partial charge in [-0.25, -0.2) is 5.84 Å². The molecule has 2 N–H and O–H groups in total. The molecule has 3 nitrogen and oxygen atoms in total. The topological polar surface area (TPSA) is 41.6 Å². The second-order valence-electron chi connectivity index (χ2n) is 3.47. The van der Waals surface area contributed by atoms with Gasteiger partial charge in [0.1, 0.15) is 0 Å². The van der Waals surface area contributed by atoms with E-state index in [2.05, 4.69) is 25.6 Å². The molecular weight excluding hydrogens is 222 g/mol. The smallest absolute Gasteiger partial charge is 0.0569 e. The van der Waals surface area contributed by atoms with Crippen LogP contribution < -0.4 is 5.84 Å². The standard InChI is InChI=1S/C11H23N3.2C2H6/c1-4-6-8-11(13-3)10-14(12)9-7-5-2;2*1-2/h10H,3-9,12H2,1-2H3;2*1-2H3/b11-10-;;. The molecule has 0 amide bonds. The summed E-state index contributed by atoms with van der Waals surface area (Å²) in [5, 5.41) is 1.71. The molecule has 0 spiro atoms. The number of aliphatic imine (C=N–C) groups is 1. The Balaban J connectivity index is -0.000000506. The fraction of sp³-hybridized carbons (Fsp3) is 0.800. The number of nitrogens with two attached hydrogens (primary N) is 1. The minimum absolute atomic E-state index is 0.891. The molecule has 3 heteroatoms. The number of hydrogen-bond acceptors (Lipinski definition) is 3. The summed E-state index contributed by atoms with van der Waals surface area (Å²) in [7, 11) is 0. The van der Waals surface area contributed by atoms with Crippen molar-refractivity contribution in [3.05, 3.63) is 11.9 Å². The Hall–Kier alpha value is -0.830. The van der Waals surface area contributed by atoms with Crippen LogP contribution in [0.4, 0.5) is 0 Å². The summed E-state index contributed by atoms with van der Waals surface area (Å²) in [5.41, 5.74) is 0.991. The van der Waals surface area contributed by atoms with Crippen molar-refractivity contribution in [2.75, 3.05) is 6.54 Å². The third-order valence-electron chi connectivity index (χ3n) is 2.07. The van der Waals surface area contributed by atoms with Crippen LogP contribution in [0.2, 0.25) is 0 Å². The van der Waals surface area contributed by atoms with E-state index in [9.17, 15) is 0 Å². The van der Waals surface area contributed by atoms with Crippen molar-refractivity contribution in [1.29, 1.82) is 0 Å². The number of nitrogens with zero attached hydrogens (tertiary/aromatic N) is 2. The second kappa shape index (κ2) is 21.5. The van der Waals surface area contributed by atoms with E-state index in [1.165, 1.54) is 6.42 Å². The van der Waals surface area contributed by atoms with Gasteiger partial charge in [-0.15, -0.1) is 0 Å². The van der Waals surface area contributed by atoms with Crippen LogP contribution in [0.3, 0.4) is 0 Å². The summed E-state index contributed by atoms with van der Waals surface area (Å²) in [5.74, 6) is 5.78. The number of unbranched alkanes of at least 4 members (excludes halogenated alkanes) is 2. The van der Waals surface area contributed by atoms with Gasteiger partial charge in [0.25, 0.3) is 0 Å². The summed E-state index contributed by atoms with van der Waals surface area (Å²) in [6.07, 6.45) is 7.47. The first-order valence-electron chi connectivity index (χ1n) is 7.43. The van der Waals surface area contributed by atoms with Gasteiger partial charge in [0.05, 0.1) is 5.70 Å². The van der Waals surface area contributed by atoms with Crippen LogP contribution in [-0.2, 0) is 0 Å². The van der Waals surface area contributed by atoms with Gasteiger partial charge in [-0.05, 0) is 26.0 Å². The SMILES string of the molecule is C=N/C(=C\N(N)CCCC)CCCC.CC.CC. The van der Waals surface area contributed by atoms with Gasteiger partial charge >= 0.3 is 0 Å². The first-order chi connectivity index (χ1) is 8.74. The van der Waals surface area contributed by atoms with E-state index in [-0.39, 0.29) is 0 Å². The summed E-state index contributed by atoms with van der Waals surface area (Å²) in [6.45, 7) is 16.8. The van der Waals surface area contributed by atoms with E-state index in [1.54, 1.807) is 5.01 Å². The average molecular weight is 257 g/mol. The zero-order valence-corrected chi connectivity index (χ0v) is 13.5. The Morgan fingerprint density at radius 2 is 1.61 bits per heavy atom. The van der Waals surface area contributed by atoms with Crippen molar-refractivity contribution in [3.63, 3.8) is 0 Å². The normalized spacial score (nSPS) is 9.61. The van der Waals surface area contributed by atoms with Crippen molar-refractivity contribution >= 4 is 6.72 Å². The first kappa shape index (κ1) is 22.4. The molecule has 0 radical (unpaired) electrons. The lowest BCUT2D eigenvalue weighted by Gasteiger charge is -2.14. The second-order valence-corrected chi connectivity index (χ2v) is 3.47. The molecule has 0 fully saturated rings. The van der Waals surface area contributed by atoms with E-state index >= 15 is 0 Å². The van der Waals surface area contributed by atoms with E-state index in [4.69, 9.17) is 5.84 Å². The van der Waals surface area contributed by atoms with Crippen LogP contribution in [0.25, 0.3) is 0 Å². The number of allylic oxidation sites excluding steroid dienone is 1. The molecule has 0 aromatic carbocycles. The van der Waals surface area contributed by atoms with Crippen LogP contribution in [0.15, 0.2) is 16.9 Å². The molecule has 0 saturated heterocycles. The zero-order chi connectivity index (χ0) is 14.8. The van der Waals surface area contributed by atoms with Crippen LogP contribution in [0.5, 0.6) is 0 Å². The molecule has 0 aliphatic carbocycles.